The Morgan fingerprint density at radius 2 is 2.44 bits per heavy atom. The van der Waals surface area contributed by atoms with Gasteiger partial charge in [0.1, 0.15) is 17.6 Å². The Morgan fingerprint density at radius 1 is 1.69 bits per heavy atom. The first-order valence-corrected chi connectivity index (χ1v) is 5.57. The summed E-state index contributed by atoms with van der Waals surface area (Å²) in [5.41, 5.74) is 0.883. The standard InChI is InChI=1S/C11H16N2O3/c1-3-16-8-5-4-6-13-9(11(14)15)7(2)12-10(8)13/h8H,3-6H2,1-2H3,(H,14,15). The van der Waals surface area contributed by atoms with E-state index >= 15 is 0 Å². The molecule has 2 heterocycles. The lowest BCUT2D eigenvalue weighted by atomic mass is 10.1. The number of hydrogen-bond donors (Lipinski definition) is 1. The van der Waals surface area contributed by atoms with Crippen LogP contribution >= 0.6 is 0 Å². The maximum absolute atomic E-state index is 11.1. The summed E-state index contributed by atoms with van der Waals surface area (Å²) >= 11 is 0. The monoisotopic (exact) mass is 224 g/mol. The molecule has 0 fully saturated rings. The molecule has 0 radical (unpaired) electrons. The zero-order chi connectivity index (χ0) is 11.7. The van der Waals surface area contributed by atoms with Crippen LogP contribution in [-0.4, -0.2) is 27.2 Å². The minimum atomic E-state index is -0.909. The summed E-state index contributed by atoms with van der Waals surface area (Å²) in [6.07, 6.45) is 1.81. The van der Waals surface area contributed by atoms with Crippen LogP contribution in [-0.2, 0) is 11.3 Å². The molecule has 16 heavy (non-hydrogen) atoms. The summed E-state index contributed by atoms with van der Waals surface area (Å²) in [6, 6.07) is 0. The highest BCUT2D eigenvalue weighted by molar-refractivity contribution is 5.87. The predicted molar refractivity (Wildman–Crippen MR) is 57.5 cm³/mol. The second kappa shape index (κ2) is 4.25. The van der Waals surface area contributed by atoms with Crippen LogP contribution in [0.15, 0.2) is 0 Å². The molecule has 2 rings (SSSR count). The average molecular weight is 224 g/mol. The van der Waals surface area contributed by atoms with Gasteiger partial charge in [-0.2, -0.15) is 0 Å². The third kappa shape index (κ3) is 1.71. The molecule has 0 saturated carbocycles. The van der Waals surface area contributed by atoms with Crippen molar-refractivity contribution in [3.05, 3.63) is 17.2 Å². The van der Waals surface area contributed by atoms with Crippen LogP contribution in [0.1, 0.15) is 47.9 Å². The van der Waals surface area contributed by atoms with Crippen molar-refractivity contribution >= 4 is 5.97 Å². The Balaban J connectivity index is 2.43. The van der Waals surface area contributed by atoms with Crippen LogP contribution in [0.2, 0.25) is 0 Å². The van der Waals surface area contributed by atoms with Crippen molar-refractivity contribution in [2.24, 2.45) is 0 Å². The number of carboxylic acids is 1. The fourth-order valence-corrected chi connectivity index (χ4v) is 2.26. The summed E-state index contributed by atoms with van der Waals surface area (Å²) in [4.78, 5) is 15.4. The number of nitrogens with zero attached hydrogens (tertiary/aromatic N) is 2. The number of imidazole rings is 1. The lowest BCUT2D eigenvalue weighted by Crippen LogP contribution is -2.21. The highest BCUT2D eigenvalue weighted by atomic mass is 16.5. The number of rotatable bonds is 3. The van der Waals surface area contributed by atoms with Crippen molar-refractivity contribution in [1.29, 1.82) is 0 Å². The second-order valence-electron chi connectivity index (χ2n) is 3.95. The van der Waals surface area contributed by atoms with E-state index in [1.807, 2.05) is 6.92 Å². The normalized spacial score (nSPS) is 19.5. The highest BCUT2D eigenvalue weighted by Gasteiger charge is 2.28. The molecule has 1 atom stereocenters. The molecule has 0 spiro atoms. The van der Waals surface area contributed by atoms with Crippen LogP contribution in [0.25, 0.3) is 0 Å². The number of hydrogen-bond acceptors (Lipinski definition) is 3. The van der Waals surface area contributed by atoms with Crippen LogP contribution in [0, 0.1) is 6.92 Å². The van der Waals surface area contributed by atoms with Crippen molar-refractivity contribution in [2.75, 3.05) is 6.61 Å². The Kier molecular flexibility index (Phi) is 2.96. The first kappa shape index (κ1) is 11.1. The fraction of sp³-hybridized carbons (Fsp3) is 0.636. The van der Waals surface area contributed by atoms with Gasteiger partial charge >= 0.3 is 5.97 Å². The number of aryl methyl sites for hydroxylation is 1. The Bertz CT molecular complexity index is 412. The number of aromatic carboxylic acids is 1. The molecule has 5 heteroatoms. The zero-order valence-electron chi connectivity index (χ0n) is 9.56. The smallest absolute Gasteiger partial charge is 0.354 e. The van der Waals surface area contributed by atoms with Crippen molar-refractivity contribution in [3.8, 4) is 0 Å². The summed E-state index contributed by atoms with van der Waals surface area (Å²) in [6.45, 7) is 5.02. The first-order chi connectivity index (χ1) is 7.65. The molecule has 5 nitrogen and oxygen atoms in total. The molecule has 1 N–H and O–H groups in total. The number of carboxylic acid groups (broad SMARTS) is 1. The Labute approximate surface area is 94.1 Å². The summed E-state index contributed by atoms with van der Waals surface area (Å²) in [5.74, 6) is -0.142. The molecule has 1 aliphatic heterocycles. The van der Waals surface area contributed by atoms with Gasteiger partial charge in [0, 0.05) is 13.2 Å². The SMILES string of the molecule is CCOC1CCCn2c1nc(C)c2C(=O)O. The van der Waals surface area contributed by atoms with Gasteiger partial charge in [-0.25, -0.2) is 9.78 Å². The van der Waals surface area contributed by atoms with E-state index in [1.165, 1.54) is 0 Å². The minimum absolute atomic E-state index is 0.0504. The van der Waals surface area contributed by atoms with Crippen LogP contribution in [0.5, 0.6) is 0 Å². The summed E-state index contributed by atoms with van der Waals surface area (Å²) < 4.78 is 7.36. The molecular weight excluding hydrogens is 208 g/mol. The Hall–Kier alpha value is -1.36. The number of ether oxygens (including phenoxy) is 1. The molecule has 0 aliphatic carbocycles. The lowest BCUT2D eigenvalue weighted by Gasteiger charge is -2.23. The van der Waals surface area contributed by atoms with E-state index in [2.05, 4.69) is 4.98 Å². The molecule has 1 unspecified atom stereocenters. The van der Waals surface area contributed by atoms with E-state index in [9.17, 15) is 4.79 Å². The van der Waals surface area contributed by atoms with Gasteiger partial charge in [0.05, 0.1) is 5.69 Å². The summed E-state index contributed by atoms with van der Waals surface area (Å²) in [5, 5.41) is 9.13. The minimum Gasteiger partial charge on any atom is -0.477 e. The van der Waals surface area contributed by atoms with Gasteiger partial charge in [0.15, 0.2) is 0 Å². The van der Waals surface area contributed by atoms with E-state index < -0.39 is 5.97 Å². The molecule has 0 bridgehead atoms. The van der Waals surface area contributed by atoms with Gasteiger partial charge in [0.25, 0.3) is 0 Å². The maximum Gasteiger partial charge on any atom is 0.354 e. The third-order valence-electron chi connectivity index (χ3n) is 2.88. The molecule has 1 aromatic rings. The van der Waals surface area contributed by atoms with Gasteiger partial charge in [-0.15, -0.1) is 0 Å². The van der Waals surface area contributed by atoms with Gasteiger partial charge in [-0.05, 0) is 26.7 Å². The van der Waals surface area contributed by atoms with Crippen molar-refractivity contribution in [2.45, 2.75) is 39.3 Å². The number of carbonyl (C=O) groups is 1. The van der Waals surface area contributed by atoms with Crippen molar-refractivity contribution in [3.63, 3.8) is 0 Å². The highest BCUT2D eigenvalue weighted by Crippen LogP contribution is 2.29. The molecule has 0 aromatic carbocycles. The first-order valence-electron chi connectivity index (χ1n) is 5.57. The van der Waals surface area contributed by atoms with E-state index in [0.29, 0.717) is 18.0 Å². The van der Waals surface area contributed by atoms with Crippen LogP contribution < -0.4 is 0 Å². The topological polar surface area (TPSA) is 64.4 Å². The molecule has 0 amide bonds. The van der Waals surface area contributed by atoms with Gasteiger partial charge in [0.2, 0.25) is 0 Å². The molecule has 0 saturated heterocycles. The van der Waals surface area contributed by atoms with Crippen molar-refractivity contribution in [1.82, 2.24) is 9.55 Å². The van der Waals surface area contributed by atoms with Gasteiger partial charge < -0.3 is 14.4 Å². The predicted octanol–water partition coefficient (Wildman–Crippen LogP) is 1.76. The quantitative estimate of drug-likeness (QED) is 0.849. The van der Waals surface area contributed by atoms with E-state index in [0.717, 1.165) is 25.2 Å². The number of aromatic nitrogens is 2. The largest absolute Gasteiger partial charge is 0.477 e. The van der Waals surface area contributed by atoms with Crippen LogP contribution in [0.3, 0.4) is 0 Å². The Morgan fingerprint density at radius 3 is 3.06 bits per heavy atom. The summed E-state index contributed by atoms with van der Waals surface area (Å²) in [7, 11) is 0. The molecule has 88 valence electrons. The van der Waals surface area contributed by atoms with Crippen molar-refractivity contribution < 1.29 is 14.6 Å². The van der Waals surface area contributed by atoms with Gasteiger partial charge in [-0.3, -0.25) is 0 Å². The number of fused-ring (bicyclic) bond motifs is 1. The fourth-order valence-electron chi connectivity index (χ4n) is 2.26. The maximum atomic E-state index is 11.1. The van der Waals surface area contributed by atoms with E-state index in [1.54, 1.807) is 11.5 Å². The molecule has 1 aromatic heterocycles. The van der Waals surface area contributed by atoms with Crippen LogP contribution in [0.4, 0.5) is 0 Å². The van der Waals surface area contributed by atoms with E-state index in [-0.39, 0.29) is 6.10 Å². The zero-order valence-corrected chi connectivity index (χ0v) is 9.56. The second-order valence-corrected chi connectivity index (χ2v) is 3.95. The lowest BCUT2D eigenvalue weighted by molar-refractivity contribution is 0.0357. The van der Waals surface area contributed by atoms with Gasteiger partial charge in [-0.1, -0.05) is 0 Å². The molecule has 1 aliphatic rings. The molecular formula is C11H16N2O3. The van der Waals surface area contributed by atoms with E-state index in [4.69, 9.17) is 9.84 Å². The average Bonchev–Trinajstić information content (AvgIpc) is 2.55. The third-order valence-corrected chi connectivity index (χ3v) is 2.88.